The SMILES string of the molecule is CN(Cc1ccccc1)C(=O)C(C)(C)C(=O)NC1CCCCCC1. The van der Waals surface area contributed by atoms with Gasteiger partial charge in [0.1, 0.15) is 5.41 Å². The third kappa shape index (κ3) is 4.83. The first kappa shape index (κ1) is 18.5. The number of amides is 2. The highest BCUT2D eigenvalue weighted by Gasteiger charge is 2.38. The first-order valence-corrected chi connectivity index (χ1v) is 9.01. The summed E-state index contributed by atoms with van der Waals surface area (Å²) in [4.78, 5) is 27.1. The number of nitrogens with one attached hydrogen (secondary N) is 1. The Labute approximate surface area is 145 Å². The predicted octanol–water partition coefficient (Wildman–Crippen LogP) is 3.51. The van der Waals surface area contributed by atoms with Crippen LogP contribution in [0.5, 0.6) is 0 Å². The average Bonchev–Trinajstić information content (AvgIpc) is 2.83. The second-order valence-corrected chi connectivity index (χ2v) is 7.43. The molecule has 0 unspecified atom stereocenters. The van der Waals surface area contributed by atoms with Crippen molar-refractivity contribution >= 4 is 11.8 Å². The number of nitrogens with zero attached hydrogens (tertiary/aromatic N) is 1. The monoisotopic (exact) mass is 330 g/mol. The molecule has 24 heavy (non-hydrogen) atoms. The van der Waals surface area contributed by atoms with Crippen molar-refractivity contribution in [2.75, 3.05) is 7.05 Å². The van der Waals surface area contributed by atoms with Crippen LogP contribution in [0.4, 0.5) is 0 Å². The van der Waals surface area contributed by atoms with Crippen LogP contribution >= 0.6 is 0 Å². The topological polar surface area (TPSA) is 49.4 Å². The van der Waals surface area contributed by atoms with E-state index < -0.39 is 5.41 Å². The van der Waals surface area contributed by atoms with Crippen LogP contribution < -0.4 is 5.32 Å². The predicted molar refractivity (Wildman–Crippen MR) is 96.3 cm³/mol. The summed E-state index contributed by atoms with van der Waals surface area (Å²) in [5.41, 5.74) is 0.0175. The molecule has 1 aromatic carbocycles. The first-order chi connectivity index (χ1) is 11.4. The van der Waals surface area contributed by atoms with Gasteiger partial charge in [-0.2, -0.15) is 0 Å². The molecule has 132 valence electrons. The van der Waals surface area contributed by atoms with Crippen LogP contribution in [0, 0.1) is 5.41 Å². The summed E-state index contributed by atoms with van der Waals surface area (Å²) >= 11 is 0. The molecule has 2 amide bonds. The molecule has 1 aromatic rings. The van der Waals surface area contributed by atoms with Crippen molar-refractivity contribution in [2.24, 2.45) is 5.41 Å². The number of hydrogen-bond donors (Lipinski definition) is 1. The largest absolute Gasteiger partial charge is 0.352 e. The molecule has 1 saturated carbocycles. The van der Waals surface area contributed by atoms with Crippen molar-refractivity contribution in [1.82, 2.24) is 10.2 Å². The summed E-state index contributed by atoms with van der Waals surface area (Å²) in [6, 6.07) is 10.1. The summed E-state index contributed by atoms with van der Waals surface area (Å²) < 4.78 is 0. The Morgan fingerprint density at radius 2 is 1.67 bits per heavy atom. The average molecular weight is 330 g/mol. The molecule has 1 aliphatic carbocycles. The Morgan fingerprint density at radius 3 is 2.25 bits per heavy atom. The molecule has 0 bridgehead atoms. The van der Waals surface area contributed by atoms with Crippen LogP contribution in [0.25, 0.3) is 0 Å². The van der Waals surface area contributed by atoms with E-state index in [2.05, 4.69) is 5.32 Å². The Kier molecular flexibility index (Phi) is 6.41. The maximum absolute atomic E-state index is 12.8. The number of rotatable bonds is 5. The Balaban J connectivity index is 1.96. The van der Waals surface area contributed by atoms with E-state index >= 15 is 0 Å². The number of hydrogen-bond acceptors (Lipinski definition) is 2. The number of benzene rings is 1. The lowest BCUT2D eigenvalue weighted by atomic mass is 9.89. The van der Waals surface area contributed by atoms with Crippen LogP contribution in [0.2, 0.25) is 0 Å². The maximum atomic E-state index is 12.8. The highest BCUT2D eigenvalue weighted by molar-refractivity contribution is 6.04. The van der Waals surface area contributed by atoms with Crippen LogP contribution in [-0.2, 0) is 16.1 Å². The van der Waals surface area contributed by atoms with Crippen molar-refractivity contribution in [3.63, 3.8) is 0 Å². The Hall–Kier alpha value is -1.84. The fourth-order valence-electron chi connectivity index (χ4n) is 3.29. The van der Waals surface area contributed by atoms with E-state index in [0.717, 1.165) is 31.2 Å². The summed E-state index contributed by atoms with van der Waals surface area (Å²) in [6.45, 7) is 3.96. The molecule has 0 radical (unpaired) electrons. The maximum Gasteiger partial charge on any atom is 0.237 e. The van der Waals surface area contributed by atoms with Gasteiger partial charge in [0, 0.05) is 19.6 Å². The fourth-order valence-corrected chi connectivity index (χ4v) is 3.29. The van der Waals surface area contributed by atoms with E-state index in [1.165, 1.54) is 12.8 Å². The van der Waals surface area contributed by atoms with Crippen molar-refractivity contribution in [3.8, 4) is 0 Å². The van der Waals surface area contributed by atoms with E-state index in [0.29, 0.717) is 6.54 Å². The Morgan fingerprint density at radius 1 is 1.08 bits per heavy atom. The van der Waals surface area contributed by atoms with Gasteiger partial charge in [0.25, 0.3) is 0 Å². The third-order valence-corrected chi connectivity index (χ3v) is 4.90. The van der Waals surface area contributed by atoms with Crippen molar-refractivity contribution in [3.05, 3.63) is 35.9 Å². The van der Waals surface area contributed by atoms with E-state index in [-0.39, 0.29) is 17.9 Å². The van der Waals surface area contributed by atoms with Gasteiger partial charge in [-0.3, -0.25) is 9.59 Å². The van der Waals surface area contributed by atoms with Crippen molar-refractivity contribution < 1.29 is 9.59 Å². The lowest BCUT2D eigenvalue weighted by molar-refractivity contribution is -0.148. The van der Waals surface area contributed by atoms with Crippen LogP contribution in [-0.4, -0.2) is 29.8 Å². The van der Waals surface area contributed by atoms with Gasteiger partial charge >= 0.3 is 0 Å². The third-order valence-electron chi connectivity index (χ3n) is 4.90. The van der Waals surface area contributed by atoms with Gasteiger partial charge in [-0.25, -0.2) is 0 Å². The van der Waals surface area contributed by atoms with Gasteiger partial charge in [-0.1, -0.05) is 56.0 Å². The van der Waals surface area contributed by atoms with Gasteiger partial charge in [-0.15, -0.1) is 0 Å². The summed E-state index contributed by atoms with van der Waals surface area (Å²) in [6.07, 6.45) is 6.86. The van der Waals surface area contributed by atoms with Crippen LogP contribution in [0.3, 0.4) is 0 Å². The molecule has 0 atom stereocenters. The van der Waals surface area contributed by atoms with Crippen molar-refractivity contribution in [2.45, 2.75) is 65.0 Å². The van der Waals surface area contributed by atoms with Gasteiger partial charge in [0.2, 0.25) is 11.8 Å². The molecule has 0 aromatic heterocycles. The molecule has 0 spiro atoms. The Bertz CT molecular complexity index is 546. The highest BCUT2D eigenvalue weighted by Crippen LogP contribution is 2.23. The molecule has 2 rings (SSSR count). The zero-order chi connectivity index (χ0) is 17.6. The zero-order valence-electron chi connectivity index (χ0n) is 15.2. The highest BCUT2D eigenvalue weighted by atomic mass is 16.2. The van der Waals surface area contributed by atoms with Crippen LogP contribution in [0.15, 0.2) is 30.3 Å². The number of carbonyl (C=O) groups is 2. The standard InChI is InChI=1S/C20H30N2O2/c1-20(2,18(23)21-17-13-9-4-5-10-14-17)19(24)22(3)15-16-11-7-6-8-12-16/h6-8,11-12,17H,4-5,9-10,13-15H2,1-3H3,(H,21,23). The van der Waals surface area contributed by atoms with Gasteiger partial charge in [-0.05, 0) is 32.3 Å². The second kappa shape index (κ2) is 8.32. The van der Waals surface area contributed by atoms with Gasteiger partial charge in [0.15, 0.2) is 0 Å². The summed E-state index contributed by atoms with van der Waals surface area (Å²) in [7, 11) is 1.76. The summed E-state index contributed by atoms with van der Waals surface area (Å²) in [5, 5.41) is 3.11. The minimum Gasteiger partial charge on any atom is -0.352 e. The lowest BCUT2D eigenvalue weighted by Crippen LogP contribution is -2.50. The molecule has 1 fully saturated rings. The molecule has 0 saturated heterocycles. The molecule has 4 heteroatoms. The van der Waals surface area contributed by atoms with E-state index in [4.69, 9.17) is 0 Å². The van der Waals surface area contributed by atoms with E-state index in [9.17, 15) is 9.59 Å². The molecule has 0 aliphatic heterocycles. The molecular weight excluding hydrogens is 300 g/mol. The second-order valence-electron chi connectivity index (χ2n) is 7.43. The molecule has 1 aliphatic rings. The van der Waals surface area contributed by atoms with Gasteiger partial charge in [0.05, 0.1) is 0 Å². The molecular formula is C20H30N2O2. The van der Waals surface area contributed by atoms with E-state index in [1.807, 2.05) is 30.3 Å². The van der Waals surface area contributed by atoms with Crippen LogP contribution in [0.1, 0.15) is 57.9 Å². The van der Waals surface area contributed by atoms with Crippen molar-refractivity contribution in [1.29, 1.82) is 0 Å². The molecule has 0 heterocycles. The summed E-state index contributed by atoms with van der Waals surface area (Å²) in [5.74, 6) is -0.295. The van der Waals surface area contributed by atoms with E-state index in [1.54, 1.807) is 25.8 Å². The zero-order valence-corrected chi connectivity index (χ0v) is 15.2. The molecule has 4 nitrogen and oxygen atoms in total. The fraction of sp³-hybridized carbons (Fsp3) is 0.600. The van der Waals surface area contributed by atoms with Gasteiger partial charge < -0.3 is 10.2 Å². The number of carbonyl (C=O) groups excluding carboxylic acids is 2. The molecule has 1 N–H and O–H groups in total. The smallest absolute Gasteiger partial charge is 0.237 e. The first-order valence-electron chi connectivity index (χ1n) is 9.01. The lowest BCUT2D eigenvalue weighted by Gasteiger charge is -2.30. The quantitative estimate of drug-likeness (QED) is 0.663. The minimum absolute atomic E-state index is 0.141. The minimum atomic E-state index is -1.05. The normalized spacial score (nSPS) is 16.3.